The first-order valence-corrected chi connectivity index (χ1v) is 5.41. The zero-order valence-electron chi connectivity index (χ0n) is 8.86. The summed E-state index contributed by atoms with van der Waals surface area (Å²) >= 11 is 5.68. The molecule has 86 valence electrons. The van der Waals surface area contributed by atoms with Crippen molar-refractivity contribution in [2.75, 3.05) is 26.9 Å². The van der Waals surface area contributed by atoms with Crippen molar-refractivity contribution in [1.29, 1.82) is 0 Å². The van der Waals surface area contributed by atoms with Crippen LogP contribution in [-0.2, 0) is 21.9 Å². The number of hydrogen-bond donors (Lipinski definition) is 0. The Morgan fingerprint density at radius 2 is 2.27 bits per heavy atom. The van der Waals surface area contributed by atoms with Gasteiger partial charge in [0.2, 0.25) is 0 Å². The maximum atomic E-state index is 5.68. The number of nitrogens with zero attached hydrogens (tertiary/aromatic N) is 3. The second-order valence-corrected chi connectivity index (χ2v) is 3.30. The lowest BCUT2D eigenvalue weighted by atomic mass is 10.4. The van der Waals surface area contributed by atoms with Gasteiger partial charge in [-0.05, 0) is 6.42 Å². The van der Waals surface area contributed by atoms with E-state index in [2.05, 4.69) is 10.2 Å². The van der Waals surface area contributed by atoms with Crippen molar-refractivity contribution in [3.63, 3.8) is 0 Å². The van der Waals surface area contributed by atoms with Crippen LogP contribution in [0.3, 0.4) is 0 Å². The van der Waals surface area contributed by atoms with Gasteiger partial charge in [0.15, 0.2) is 0 Å². The highest BCUT2D eigenvalue weighted by atomic mass is 35.5. The van der Waals surface area contributed by atoms with E-state index in [0.717, 1.165) is 18.8 Å². The average Bonchev–Trinajstić information content (AvgIpc) is 2.70. The molecule has 0 amide bonds. The van der Waals surface area contributed by atoms with Crippen LogP contribution in [0.4, 0.5) is 0 Å². The number of aryl methyl sites for hydroxylation is 1. The predicted molar refractivity (Wildman–Crippen MR) is 56.9 cm³/mol. The quantitative estimate of drug-likeness (QED) is 0.498. The molecule has 1 aromatic rings. The first-order valence-electron chi connectivity index (χ1n) is 4.87. The Morgan fingerprint density at radius 1 is 1.40 bits per heavy atom. The first kappa shape index (κ1) is 12.4. The fourth-order valence-electron chi connectivity index (χ4n) is 1.15. The van der Waals surface area contributed by atoms with E-state index in [1.165, 1.54) is 0 Å². The molecule has 0 aliphatic rings. The molecule has 0 saturated heterocycles. The number of halogens is 1. The number of rotatable bonds is 8. The summed E-state index contributed by atoms with van der Waals surface area (Å²) in [5, 5.41) is 7.67. The molecule has 15 heavy (non-hydrogen) atoms. The van der Waals surface area contributed by atoms with E-state index < -0.39 is 0 Å². The second kappa shape index (κ2) is 7.62. The molecule has 1 rings (SSSR count). The summed E-state index contributed by atoms with van der Waals surface area (Å²) in [6.45, 7) is 2.83. The van der Waals surface area contributed by atoms with Gasteiger partial charge < -0.3 is 14.0 Å². The predicted octanol–water partition coefficient (Wildman–Crippen LogP) is 1.07. The van der Waals surface area contributed by atoms with Crippen molar-refractivity contribution in [3.05, 3.63) is 12.2 Å². The molecule has 0 bridgehead atoms. The summed E-state index contributed by atoms with van der Waals surface area (Å²) < 4.78 is 12.1. The average molecular weight is 234 g/mol. The van der Waals surface area contributed by atoms with Crippen molar-refractivity contribution in [3.8, 4) is 0 Å². The van der Waals surface area contributed by atoms with Gasteiger partial charge in [0.05, 0.1) is 19.1 Å². The monoisotopic (exact) mass is 233 g/mol. The number of aromatic nitrogens is 3. The maximum absolute atomic E-state index is 5.68. The smallest absolute Gasteiger partial charge is 0.147 e. The van der Waals surface area contributed by atoms with Crippen molar-refractivity contribution in [2.45, 2.75) is 18.8 Å². The highest BCUT2D eigenvalue weighted by Crippen LogP contribution is 2.00. The molecule has 0 aliphatic carbocycles. The van der Waals surface area contributed by atoms with Crippen LogP contribution in [0, 0.1) is 0 Å². The van der Waals surface area contributed by atoms with Crippen molar-refractivity contribution >= 4 is 11.6 Å². The molecule has 0 spiro atoms. The third-order valence-electron chi connectivity index (χ3n) is 1.93. The molecular formula is C9H16ClN3O2. The molecule has 0 fully saturated rings. The van der Waals surface area contributed by atoms with Crippen LogP contribution in [0.15, 0.2) is 6.33 Å². The molecule has 0 saturated carbocycles. The fraction of sp³-hybridized carbons (Fsp3) is 0.778. The summed E-state index contributed by atoms with van der Waals surface area (Å²) in [6.07, 6.45) is 2.61. The highest BCUT2D eigenvalue weighted by Gasteiger charge is 2.01. The summed E-state index contributed by atoms with van der Waals surface area (Å²) in [4.78, 5) is 0. The Hall–Kier alpha value is -0.650. The Morgan fingerprint density at radius 3 is 3.00 bits per heavy atom. The van der Waals surface area contributed by atoms with Gasteiger partial charge in [0, 0.05) is 20.3 Å². The molecular weight excluding hydrogens is 218 g/mol. The lowest BCUT2D eigenvalue weighted by Crippen LogP contribution is -2.07. The van der Waals surface area contributed by atoms with Gasteiger partial charge in [-0.2, -0.15) is 0 Å². The van der Waals surface area contributed by atoms with Gasteiger partial charge in [0.1, 0.15) is 12.2 Å². The van der Waals surface area contributed by atoms with Crippen molar-refractivity contribution in [2.24, 2.45) is 0 Å². The van der Waals surface area contributed by atoms with Crippen LogP contribution in [0.1, 0.15) is 12.2 Å². The summed E-state index contributed by atoms with van der Waals surface area (Å²) in [6, 6.07) is 0. The zero-order chi connectivity index (χ0) is 10.9. The molecule has 0 N–H and O–H groups in total. The Balaban J connectivity index is 2.09. The third-order valence-corrected chi connectivity index (χ3v) is 2.17. The van der Waals surface area contributed by atoms with Gasteiger partial charge in [-0.25, -0.2) is 0 Å². The topological polar surface area (TPSA) is 49.2 Å². The van der Waals surface area contributed by atoms with Gasteiger partial charge in [0.25, 0.3) is 0 Å². The van der Waals surface area contributed by atoms with Crippen LogP contribution in [-0.4, -0.2) is 41.7 Å². The molecule has 6 heteroatoms. The summed E-state index contributed by atoms with van der Waals surface area (Å²) in [5.74, 6) is 1.19. The normalized spacial score (nSPS) is 10.8. The summed E-state index contributed by atoms with van der Waals surface area (Å²) in [5.41, 5.74) is 0. The van der Waals surface area contributed by atoms with E-state index in [0.29, 0.717) is 25.7 Å². The highest BCUT2D eigenvalue weighted by molar-refractivity contribution is 6.16. The number of alkyl halides is 1. The standard InChI is InChI=1S/C9H16ClN3O2/c1-14-5-6-15-4-2-3-13-8-11-12-9(13)7-10/h8H,2-7H2,1H3. The molecule has 0 radical (unpaired) electrons. The van der Waals surface area contributed by atoms with Crippen LogP contribution in [0.2, 0.25) is 0 Å². The van der Waals surface area contributed by atoms with Gasteiger partial charge in [-0.3, -0.25) is 0 Å². The van der Waals surface area contributed by atoms with E-state index >= 15 is 0 Å². The lowest BCUT2D eigenvalue weighted by Gasteiger charge is -2.05. The van der Waals surface area contributed by atoms with Crippen molar-refractivity contribution < 1.29 is 9.47 Å². The molecule has 1 aromatic heterocycles. The van der Waals surface area contributed by atoms with E-state index in [4.69, 9.17) is 21.1 Å². The number of hydrogen-bond acceptors (Lipinski definition) is 4. The minimum absolute atomic E-state index is 0.393. The largest absolute Gasteiger partial charge is 0.382 e. The van der Waals surface area contributed by atoms with Gasteiger partial charge in [-0.1, -0.05) is 0 Å². The maximum Gasteiger partial charge on any atom is 0.147 e. The molecule has 0 aliphatic heterocycles. The van der Waals surface area contributed by atoms with Crippen LogP contribution >= 0.6 is 11.6 Å². The number of methoxy groups -OCH3 is 1. The Kier molecular flexibility index (Phi) is 6.31. The number of ether oxygens (including phenoxy) is 2. The molecule has 5 nitrogen and oxygen atoms in total. The Labute approximate surface area is 94.3 Å². The van der Waals surface area contributed by atoms with Crippen LogP contribution < -0.4 is 0 Å². The lowest BCUT2D eigenvalue weighted by molar-refractivity contribution is 0.0679. The molecule has 1 heterocycles. The minimum Gasteiger partial charge on any atom is -0.382 e. The van der Waals surface area contributed by atoms with E-state index in [-0.39, 0.29) is 0 Å². The van der Waals surface area contributed by atoms with E-state index in [1.807, 2.05) is 4.57 Å². The molecule has 0 atom stereocenters. The van der Waals surface area contributed by atoms with Crippen LogP contribution in [0.25, 0.3) is 0 Å². The van der Waals surface area contributed by atoms with E-state index in [9.17, 15) is 0 Å². The van der Waals surface area contributed by atoms with Crippen LogP contribution in [0.5, 0.6) is 0 Å². The first-order chi connectivity index (χ1) is 7.38. The fourth-order valence-corrected chi connectivity index (χ4v) is 1.36. The minimum atomic E-state index is 0.393. The third kappa shape index (κ3) is 4.59. The zero-order valence-corrected chi connectivity index (χ0v) is 9.61. The SMILES string of the molecule is COCCOCCCn1cnnc1CCl. The molecule has 0 aromatic carbocycles. The van der Waals surface area contributed by atoms with Gasteiger partial charge >= 0.3 is 0 Å². The van der Waals surface area contributed by atoms with Crippen molar-refractivity contribution in [1.82, 2.24) is 14.8 Å². The Bertz CT molecular complexity index is 268. The second-order valence-electron chi connectivity index (χ2n) is 3.03. The van der Waals surface area contributed by atoms with E-state index in [1.54, 1.807) is 13.4 Å². The van der Waals surface area contributed by atoms with Gasteiger partial charge in [-0.15, -0.1) is 21.8 Å². The molecule has 0 unspecified atom stereocenters. The summed E-state index contributed by atoms with van der Waals surface area (Å²) in [7, 11) is 1.66.